The zero-order chi connectivity index (χ0) is 15.5. The van der Waals surface area contributed by atoms with E-state index in [1.807, 2.05) is 0 Å². The van der Waals surface area contributed by atoms with Gasteiger partial charge < -0.3 is 5.11 Å². The summed E-state index contributed by atoms with van der Waals surface area (Å²) in [6.45, 7) is 1.63. The van der Waals surface area contributed by atoms with E-state index in [1.165, 1.54) is 24.5 Å². The fourth-order valence-corrected chi connectivity index (χ4v) is 3.16. The van der Waals surface area contributed by atoms with E-state index in [0.29, 0.717) is 11.4 Å². The van der Waals surface area contributed by atoms with Crippen LogP contribution in [0.3, 0.4) is 0 Å². The van der Waals surface area contributed by atoms with Crippen molar-refractivity contribution in [1.29, 1.82) is 0 Å². The van der Waals surface area contributed by atoms with Gasteiger partial charge in [0.1, 0.15) is 12.2 Å². The molecule has 21 heavy (non-hydrogen) atoms. The number of aromatic amines is 1. The molecule has 1 atom stereocenters. The second-order valence-corrected chi connectivity index (χ2v) is 6.23. The van der Waals surface area contributed by atoms with Gasteiger partial charge in [-0.25, -0.2) is 22.9 Å². The molecule has 8 nitrogen and oxygen atoms in total. The minimum atomic E-state index is -3.63. The Hall–Kier alpha value is -2.26. The first-order valence-electron chi connectivity index (χ1n) is 6.05. The fourth-order valence-electron chi connectivity index (χ4n) is 1.80. The Morgan fingerprint density at radius 3 is 2.86 bits per heavy atom. The van der Waals surface area contributed by atoms with Crippen LogP contribution in [0.5, 0.6) is 0 Å². The predicted molar refractivity (Wildman–Crippen MR) is 74.0 cm³/mol. The zero-order valence-corrected chi connectivity index (χ0v) is 12.0. The Kier molecular flexibility index (Phi) is 4.34. The molecule has 0 aliphatic heterocycles. The lowest BCUT2D eigenvalue weighted by Crippen LogP contribution is -2.28. The first-order chi connectivity index (χ1) is 9.87. The van der Waals surface area contributed by atoms with Gasteiger partial charge in [-0.05, 0) is 24.6 Å². The Balaban J connectivity index is 2.10. The van der Waals surface area contributed by atoms with Gasteiger partial charge in [0.25, 0.3) is 0 Å². The highest BCUT2D eigenvalue weighted by atomic mass is 32.2. The average Bonchev–Trinajstić information content (AvgIpc) is 2.91. The highest BCUT2D eigenvalue weighted by Gasteiger charge is 2.18. The summed E-state index contributed by atoms with van der Waals surface area (Å²) >= 11 is 0. The minimum Gasteiger partial charge on any atom is -0.478 e. The number of carbonyl (C=O) groups is 1. The number of nitrogens with zero attached hydrogens (tertiary/aromatic N) is 2. The number of nitrogens with one attached hydrogen (secondary N) is 2. The maximum Gasteiger partial charge on any atom is 0.335 e. The lowest BCUT2D eigenvalue weighted by atomic mass is 10.1. The van der Waals surface area contributed by atoms with E-state index in [1.54, 1.807) is 13.0 Å². The van der Waals surface area contributed by atoms with Gasteiger partial charge in [0.2, 0.25) is 10.0 Å². The molecule has 1 aromatic carbocycles. The van der Waals surface area contributed by atoms with Crippen LogP contribution in [0.4, 0.5) is 0 Å². The summed E-state index contributed by atoms with van der Waals surface area (Å²) < 4.78 is 26.6. The van der Waals surface area contributed by atoms with Crippen molar-refractivity contribution in [3.05, 3.63) is 47.5 Å². The summed E-state index contributed by atoms with van der Waals surface area (Å²) in [5.41, 5.74) is 0.443. The first kappa shape index (κ1) is 15.1. The van der Waals surface area contributed by atoms with Crippen LogP contribution in [0.15, 0.2) is 30.6 Å². The monoisotopic (exact) mass is 310 g/mol. The van der Waals surface area contributed by atoms with Crippen molar-refractivity contribution in [1.82, 2.24) is 19.9 Å². The van der Waals surface area contributed by atoms with Crippen LogP contribution in [0.1, 0.15) is 34.7 Å². The SMILES string of the molecule is CC(NS(=O)(=O)Cc1cccc(C(=O)O)c1)c1ncn[nH]1. The molecular formula is C12H14N4O4S. The summed E-state index contributed by atoms with van der Waals surface area (Å²) in [4.78, 5) is 14.7. The number of rotatable bonds is 6. The van der Waals surface area contributed by atoms with Crippen molar-refractivity contribution in [2.75, 3.05) is 0 Å². The third kappa shape index (κ3) is 4.10. The average molecular weight is 310 g/mol. The Bertz CT molecular complexity index is 727. The molecular weight excluding hydrogens is 296 g/mol. The highest BCUT2D eigenvalue weighted by molar-refractivity contribution is 7.88. The number of sulfonamides is 1. The first-order valence-corrected chi connectivity index (χ1v) is 7.70. The summed E-state index contributed by atoms with van der Waals surface area (Å²) in [7, 11) is -3.63. The molecule has 3 N–H and O–H groups in total. The van der Waals surface area contributed by atoms with Gasteiger partial charge in [-0.3, -0.25) is 5.10 Å². The number of carboxylic acids is 1. The molecule has 2 aromatic rings. The third-order valence-corrected chi connectivity index (χ3v) is 4.16. The number of benzene rings is 1. The van der Waals surface area contributed by atoms with Gasteiger partial charge in [-0.1, -0.05) is 12.1 Å². The van der Waals surface area contributed by atoms with Crippen molar-refractivity contribution >= 4 is 16.0 Å². The van der Waals surface area contributed by atoms with E-state index < -0.39 is 22.0 Å². The van der Waals surface area contributed by atoms with Crippen molar-refractivity contribution < 1.29 is 18.3 Å². The molecule has 9 heteroatoms. The van der Waals surface area contributed by atoms with Gasteiger partial charge in [0.05, 0.1) is 17.4 Å². The molecule has 1 heterocycles. The van der Waals surface area contributed by atoms with Gasteiger partial charge in [-0.2, -0.15) is 5.10 Å². The molecule has 112 valence electrons. The van der Waals surface area contributed by atoms with E-state index in [4.69, 9.17) is 5.11 Å². The molecule has 0 bridgehead atoms. The second kappa shape index (κ2) is 6.02. The van der Waals surface area contributed by atoms with Crippen LogP contribution < -0.4 is 4.72 Å². The van der Waals surface area contributed by atoms with Crippen molar-refractivity contribution in [3.8, 4) is 0 Å². The number of H-pyrrole nitrogens is 1. The summed E-state index contributed by atoms with van der Waals surface area (Å²) in [5, 5.41) is 15.1. The molecule has 0 radical (unpaired) electrons. The molecule has 1 unspecified atom stereocenters. The summed E-state index contributed by atoms with van der Waals surface area (Å²) in [6.07, 6.45) is 1.29. The third-order valence-electron chi connectivity index (χ3n) is 2.73. The summed E-state index contributed by atoms with van der Waals surface area (Å²) in [5.74, 6) is -1.01. The number of aromatic nitrogens is 3. The fraction of sp³-hybridized carbons (Fsp3) is 0.250. The van der Waals surface area contributed by atoms with Gasteiger partial charge in [0.15, 0.2) is 0 Å². The topological polar surface area (TPSA) is 125 Å². The normalized spacial score (nSPS) is 13.0. The van der Waals surface area contributed by atoms with E-state index in [-0.39, 0.29) is 11.3 Å². The summed E-state index contributed by atoms with van der Waals surface area (Å²) in [6, 6.07) is 5.25. The van der Waals surface area contributed by atoms with Crippen LogP contribution in [0, 0.1) is 0 Å². The molecule has 0 spiro atoms. The van der Waals surface area contributed by atoms with Crippen LogP contribution in [-0.2, 0) is 15.8 Å². The molecule has 2 rings (SSSR count). The predicted octanol–water partition coefficient (Wildman–Crippen LogP) is 0.683. The largest absolute Gasteiger partial charge is 0.478 e. The van der Waals surface area contributed by atoms with Crippen LogP contribution in [-0.4, -0.2) is 34.7 Å². The zero-order valence-electron chi connectivity index (χ0n) is 11.1. The molecule has 0 saturated carbocycles. The van der Waals surface area contributed by atoms with Crippen LogP contribution >= 0.6 is 0 Å². The molecule has 0 fully saturated rings. The van der Waals surface area contributed by atoms with Crippen molar-refractivity contribution in [3.63, 3.8) is 0 Å². The van der Waals surface area contributed by atoms with Gasteiger partial charge >= 0.3 is 5.97 Å². The maximum atomic E-state index is 12.1. The van der Waals surface area contributed by atoms with Gasteiger partial charge in [0, 0.05) is 0 Å². The number of aromatic carboxylic acids is 1. The van der Waals surface area contributed by atoms with Crippen molar-refractivity contribution in [2.45, 2.75) is 18.7 Å². The van der Waals surface area contributed by atoms with Gasteiger partial charge in [-0.15, -0.1) is 0 Å². The lowest BCUT2D eigenvalue weighted by molar-refractivity contribution is 0.0696. The Morgan fingerprint density at radius 2 is 2.24 bits per heavy atom. The lowest BCUT2D eigenvalue weighted by Gasteiger charge is -2.12. The Morgan fingerprint density at radius 1 is 1.48 bits per heavy atom. The molecule has 0 saturated heterocycles. The minimum absolute atomic E-state index is 0.0472. The van der Waals surface area contributed by atoms with Crippen LogP contribution in [0.25, 0.3) is 0 Å². The standard InChI is InChI=1S/C12H14N4O4S/c1-8(11-13-7-14-15-11)16-21(19,20)6-9-3-2-4-10(5-9)12(17)18/h2-5,7-8,16H,6H2,1H3,(H,17,18)(H,13,14,15). The quantitative estimate of drug-likeness (QED) is 0.720. The van der Waals surface area contributed by atoms with Crippen molar-refractivity contribution in [2.24, 2.45) is 0 Å². The smallest absolute Gasteiger partial charge is 0.335 e. The van der Waals surface area contributed by atoms with E-state index in [9.17, 15) is 13.2 Å². The number of hydrogen-bond acceptors (Lipinski definition) is 5. The number of carboxylic acid groups (broad SMARTS) is 1. The molecule has 1 aromatic heterocycles. The van der Waals surface area contributed by atoms with E-state index >= 15 is 0 Å². The second-order valence-electron chi connectivity index (χ2n) is 4.47. The molecule has 0 amide bonds. The molecule has 0 aliphatic rings. The highest BCUT2D eigenvalue weighted by Crippen LogP contribution is 2.12. The Labute approximate surface area is 121 Å². The number of hydrogen-bond donors (Lipinski definition) is 3. The van der Waals surface area contributed by atoms with Crippen LogP contribution in [0.2, 0.25) is 0 Å². The molecule has 0 aliphatic carbocycles. The van der Waals surface area contributed by atoms with E-state index in [2.05, 4.69) is 19.9 Å². The maximum absolute atomic E-state index is 12.1. The van der Waals surface area contributed by atoms with E-state index in [0.717, 1.165) is 0 Å².